The van der Waals surface area contributed by atoms with Crippen LogP contribution in [0.15, 0.2) is 77.7 Å². The molecule has 1 aliphatic rings. The first-order valence-electron chi connectivity index (χ1n) is 12.0. The van der Waals surface area contributed by atoms with E-state index in [4.69, 9.17) is 4.74 Å². The van der Waals surface area contributed by atoms with Gasteiger partial charge >= 0.3 is 6.55 Å². The second kappa shape index (κ2) is 10.2. The zero-order chi connectivity index (χ0) is 26.1. The molecular formula is C28H32F2N2O4. The van der Waals surface area contributed by atoms with E-state index < -0.39 is 29.7 Å². The average Bonchev–Trinajstić information content (AvgIpc) is 2.83. The molecule has 2 N–H and O–H groups in total. The number of aliphatic hydroxyl groups is 2. The van der Waals surface area contributed by atoms with E-state index in [1.54, 1.807) is 26.0 Å². The predicted molar refractivity (Wildman–Crippen MR) is 133 cm³/mol. The molecule has 0 aliphatic carbocycles. The molecule has 0 radical (unpaired) electrons. The van der Waals surface area contributed by atoms with E-state index in [1.165, 1.54) is 6.07 Å². The van der Waals surface area contributed by atoms with Crippen LogP contribution in [-0.4, -0.2) is 38.2 Å². The fourth-order valence-electron chi connectivity index (χ4n) is 4.99. The molecule has 3 atom stereocenters. The molecule has 0 spiro atoms. The fourth-order valence-corrected chi connectivity index (χ4v) is 4.99. The summed E-state index contributed by atoms with van der Waals surface area (Å²) in [6.45, 7) is 3.06. The molecule has 192 valence electrons. The number of aromatic nitrogens is 1. The van der Waals surface area contributed by atoms with Gasteiger partial charge in [-0.1, -0.05) is 54.6 Å². The monoisotopic (exact) mass is 498 g/mol. The summed E-state index contributed by atoms with van der Waals surface area (Å²) in [6, 6.07) is 19.5. The highest BCUT2D eigenvalue weighted by atomic mass is 19.3. The molecule has 8 heteroatoms. The van der Waals surface area contributed by atoms with Crippen molar-refractivity contribution in [1.29, 1.82) is 0 Å². The van der Waals surface area contributed by atoms with Gasteiger partial charge in [0.15, 0.2) is 0 Å². The van der Waals surface area contributed by atoms with Gasteiger partial charge in [0, 0.05) is 31.3 Å². The van der Waals surface area contributed by atoms with Crippen molar-refractivity contribution >= 4 is 0 Å². The molecule has 1 aromatic heterocycles. The molecule has 36 heavy (non-hydrogen) atoms. The van der Waals surface area contributed by atoms with Crippen molar-refractivity contribution in [2.75, 3.05) is 6.54 Å². The van der Waals surface area contributed by atoms with E-state index in [-0.39, 0.29) is 6.04 Å². The topological polar surface area (TPSA) is 74.9 Å². The smallest absolute Gasteiger partial charge is 0.321 e. The van der Waals surface area contributed by atoms with Crippen LogP contribution in [0.2, 0.25) is 0 Å². The lowest BCUT2D eigenvalue weighted by atomic mass is 9.80. The Morgan fingerprint density at radius 1 is 1.06 bits per heavy atom. The van der Waals surface area contributed by atoms with E-state index >= 15 is 0 Å². The largest absolute Gasteiger partial charge is 0.390 e. The third kappa shape index (κ3) is 5.57. The van der Waals surface area contributed by atoms with Crippen molar-refractivity contribution in [2.45, 2.75) is 63.8 Å². The lowest BCUT2D eigenvalue weighted by molar-refractivity contribution is -0.304. The zero-order valence-electron chi connectivity index (χ0n) is 20.6. The Morgan fingerprint density at radius 2 is 1.69 bits per heavy atom. The summed E-state index contributed by atoms with van der Waals surface area (Å²) in [5, 5.41) is 21.6. The minimum absolute atomic E-state index is 0.194. The molecule has 0 saturated carbocycles. The third-order valence-electron chi connectivity index (χ3n) is 6.78. The van der Waals surface area contributed by atoms with E-state index in [2.05, 4.69) is 0 Å². The normalized spacial score (nSPS) is 22.1. The molecule has 2 aromatic carbocycles. The lowest BCUT2D eigenvalue weighted by Crippen LogP contribution is -2.53. The highest BCUT2D eigenvalue weighted by Crippen LogP contribution is 2.43. The van der Waals surface area contributed by atoms with Crippen molar-refractivity contribution in [2.24, 2.45) is 0 Å². The second-order valence-electron chi connectivity index (χ2n) is 10.0. The van der Waals surface area contributed by atoms with Gasteiger partial charge in [0.25, 0.3) is 5.56 Å². The maximum absolute atomic E-state index is 13.1. The molecule has 0 bridgehead atoms. The van der Waals surface area contributed by atoms with Crippen LogP contribution in [0.25, 0.3) is 11.1 Å². The maximum Gasteiger partial charge on any atom is 0.321 e. The highest BCUT2D eigenvalue weighted by molar-refractivity contribution is 5.62. The Labute approximate surface area is 209 Å². The number of alkyl halides is 2. The van der Waals surface area contributed by atoms with Crippen molar-refractivity contribution in [1.82, 2.24) is 9.47 Å². The van der Waals surface area contributed by atoms with Crippen LogP contribution >= 0.6 is 0 Å². The number of pyridine rings is 1. The quantitative estimate of drug-likeness (QED) is 0.478. The van der Waals surface area contributed by atoms with E-state index in [1.807, 2.05) is 54.3 Å². The molecule has 1 aliphatic heterocycles. The van der Waals surface area contributed by atoms with Crippen molar-refractivity contribution in [3.8, 4) is 11.1 Å². The fraction of sp³-hybridized carbons (Fsp3) is 0.393. The molecule has 4 rings (SSSR count). The summed E-state index contributed by atoms with van der Waals surface area (Å²) >= 11 is 0. The maximum atomic E-state index is 13.1. The minimum Gasteiger partial charge on any atom is -0.390 e. The molecule has 1 saturated heterocycles. The standard InChI is InChI=1S/C28H32F2N2O4/c1-19(20-9-11-21(12-10-20)22-13-14-24(33)32(17-22)25(29)30)31-16-15-28(36-26(31)34,18-27(2,3)35)23-7-5-4-6-8-23/h4-14,17,19,25-26,34-35H,15-16,18H2,1-3H3/t19-,26?,28-/m0/s1. The number of halogens is 2. The molecular weight excluding hydrogens is 466 g/mol. The Kier molecular flexibility index (Phi) is 7.43. The number of hydrogen-bond donors (Lipinski definition) is 2. The molecule has 3 aromatic rings. The first-order valence-corrected chi connectivity index (χ1v) is 12.0. The Balaban J connectivity index is 1.53. The molecule has 1 fully saturated rings. The number of benzene rings is 2. The summed E-state index contributed by atoms with van der Waals surface area (Å²) in [7, 11) is 0. The van der Waals surface area contributed by atoms with Crippen LogP contribution in [-0.2, 0) is 10.3 Å². The van der Waals surface area contributed by atoms with Gasteiger partial charge in [-0.2, -0.15) is 8.78 Å². The molecule has 1 unspecified atom stereocenters. The number of aliphatic hydroxyl groups excluding tert-OH is 1. The number of nitrogens with zero attached hydrogens (tertiary/aromatic N) is 2. The van der Waals surface area contributed by atoms with Gasteiger partial charge < -0.3 is 14.9 Å². The summed E-state index contributed by atoms with van der Waals surface area (Å²) < 4.78 is 32.8. The van der Waals surface area contributed by atoms with Crippen LogP contribution in [0.3, 0.4) is 0 Å². The van der Waals surface area contributed by atoms with E-state index in [0.717, 1.165) is 23.4 Å². The third-order valence-corrected chi connectivity index (χ3v) is 6.78. The van der Waals surface area contributed by atoms with Gasteiger partial charge in [-0.3, -0.25) is 9.36 Å². The van der Waals surface area contributed by atoms with Crippen LogP contribution < -0.4 is 5.56 Å². The predicted octanol–water partition coefficient (Wildman–Crippen LogP) is 5.03. The molecule has 2 heterocycles. The van der Waals surface area contributed by atoms with Gasteiger partial charge in [0.2, 0.25) is 6.41 Å². The first-order chi connectivity index (χ1) is 17.0. The Bertz CT molecular complexity index is 1220. The molecule has 6 nitrogen and oxygen atoms in total. The summed E-state index contributed by atoms with van der Waals surface area (Å²) in [4.78, 5) is 13.5. The zero-order valence-corrected chi connectivity index (χ0v) is 20.6. The second-order valence-corrected chi connectivity index (χ2v) is 10.0. The Hall–Kier alpha value is -2.91. The van der Waals surface area contributed by atoms with Gasteiger partial charge in [-0.15, -0.1) is 0 Å². The molecule has 0 amide bonds. The summed E-state index contributed by atoms with van der Waals surface area (Å²) in [5.74, 6) is 0. The van der Waals surface area contributed by atoms with Gasteiger partial charge in [0.05, 0.1) is 5.60 Å². The summed E-state index contributed by atoms with van der Waals surface area (Å²) in [5.41, 5.74) is 0.456. The van der Waals surface area contributed by atoms with Gasteiger partial charge in [-0.05, 0) is 55.5 Å². The van der Waals surface area contributed by atoms with Gasteiger partial charge in [-0.25, -0.2) is 4.90 Å². The minimum atomic E-state index is -2.91. The summed E-state index contributed by atoms with van der Waals surface area (Å²) in [6.07, 6.45) is 0.874. The Morgan fingerprint density at radius 3 is 2.28 bits per heavy atom. The van der Waals surface area contributed by atoms with Crippen molar-refractivity contribution in [3.63, 3.8) is 0 Å². The average molecular weight is 499 g/mol. The van der Waals surface area contributed by atoms with Crippen LogP contribution in [0.4, 0.5) is 8.78 Å². The number of rotatable bonds is 7. The number of ether oxygens (including phenoxy) is 1. The highest BCUT2D eigenvalue weighted by Gasteiger charge is 2.45. The van der Waals surface area contributed by atoms with Crippen LogP contribution in [0.5, 0.6) is 0 Å². The van der Waals surface area contributed by atoms with Crippen LogP contribution in [0.1, 0.15) is 57.3 Å². The SMILES string of the molecule is C[C@@H](c1ccc(-c2ccc(=O)n(C(F)F)c2)cc1)N1CC[C@](CC(C)(C)O)(c2ccccc2)OC1O. The lowest BCUT2D eigenvalue weighted by Gasteiger charge is -2.48. The van der Waals surface area contributed by atoms with Gasteiger partial charge in [0.1, 0.15) is 5.60 Å². The van der Waals surface area contributed by atoms with E-state index in [9.17, 15) is 23.8 Å². The van der Waals surface area contributed by atoms with Crippen molar-refractivity contribution < 1.29 is 23.7 Å². The van der Waals surface area contributed by atoms with Crippen molar-refractivity contribution in [3.05, 3.63) is 94.4 Å². The van der Waals surface area contributed by atoms with E-state index in [0.29, 0.717) is 35.1 Å². The number of hydrogen-bond acceptors (Lipinski definition) is 5. The first kappa shape index (κ1) is 26.2. The van der Waals surface area contributed by atoms with Crippen LogP contribution in [0, 0.1) is 0 Å².